The Bertz CT molecular complexity index is 2120. The van der Waals surface area contributed by atoms with Gasteiger partial charge in [-0.15, -0.1) is 0 Å². The molecule has 0 saturated heterocycles. The van der Waals surface area contributed by atoms with E-state index >= 15 is 0 Å². The van der Waals surface area contributed by atoms with Gasteiger partial charge in [0.25, 0.3) is 0 Å². The minimum atomic E-state index is 1.14. The number of hydrogen-bond acceptors (Lipinski definition) is 1. The Morgan fingerprint density at radius 1 is 0.256 bits per heavy atom. The Labute approximate surface area is 227 Å². The first-order valence-corrected chi connectivity index (χ1v) is 13.5. The molecule has 8 rings (SSSR count). The van der Waals surface area contributed by atoms with Crippen molar-refractivity contribution in [2.24, 2.45) is 0 Å². The predicted octanol–water partition coefficient (Wildman–Crippen LogP) is 10.9. The molecule has 0 saturated carbocycles. The zero-order valence-electron chi connectivity index (χ0n) is 21.4. The van der Waals surface area contributed by atoms with Gasteiger partial charge in [0, 0.05) is 16.8 Å². The number of benzene rings is 8. The summed E-state index contributed by atoms with van der Waals surface area (Å²) in [6, 6.07) is 54.9. The van der Waals surface area contributed by atoms with Gasteiger partial charge >= 0.3 is 0 Å². The van der Waals surface area contributed by atoms with Crippen LogP contribution < -0.4 is 4.90 Å². The summed E-state index contributed by atoms with van der Waals surface area (Å²) in [4.78, 5) is 2.39. The number of anilines is 3. The van der Waals surface area contributed by atoms with E-state index in [0.29, 0.717) is 0 Å². The fourth-order valence-corrected chi connectivity index (χ4v) is 6.42. The fraction of sp³-hybridized carbons (Fsp3) is 0. The lowest BCUT2D eigenvalue weighted by Crippen LogP contribution is -2.10. The molecule has 0 fully saturated rings. The number of rotatable bonds is 3. The van der Waals surface area contributed by atoms with Crippen molar-refractivity contribution in [1.82, 2.24) is 0 Å². The quantitative estimate of drug-likeness (QED) is 0.220. The van der Waals surface area contributed by atoms with Gasteiger partial charge in [0.1, 0.15) is 0 Å². The van der Waals surface area contributed by atoms with Gasteiger partial charge in [-0.3, -0.25) is 0 Å². The van der Waals surface area contributed by atoms with E-state index in [2.05, 4.69) is 157 Å². The zero-order chi connectivity index (χ0) is 25.8. The normalized spacial score (nSPS) is 11.6. The van der Waals surface area contributed by atoms with Crippen molar-refractivity contribution in [3.8, 4) is 0 Å². The summed E-state index contributed by atoms with van der Waals surface area (Å²) in [5, 5.41) is 13.0. The van der Waals surface area contributed by atoms with Crippen LogP contribution >= 0.6 is 0 Å². The monoisotopic (exact) mass is 495 g/mol. The van der Waals surface area contributed by atoms with Crippen LogP contribution in [0.25, 0.3) is 53.9 Å². The molecule has 39 heavy (non-hydrogen) atoms. The van der Waals surface area contributed by atoms with Gasteiger partial charge in [-0.25, -0.2) is 0 Å². The average molecular weight is 496 g/mol. The molecule has 8 aromatic carbocycles. The van der Waals surface area contributed by atoms with Gasteiger partial charge in [-0.2, -0.15) is 0 Å². The van der Waals surface area contributed by atoms with Crippen molar-refractivity contribution in [3.63, 3.8) is 0 Å². The standard InChI is InChI=1S/C38H25N/c1-3-14-26(15-4-1)39(27-16-5-2-6-17-27)35-25-13-24-34-36(35)32-22-11-12-23-33(32)37-30-20-9-7-18-28(30)29-19-8-10-21-31(29)38(34)37/h1-25H. The maximum Gasteiger partial charge on any atom is 0.0546 e. The highest BCUT2D eigenvalue weighted by molar-refractivity contribution is 6.40. The third-order valence-electron chi connectivity index (χ3n) is 7.98. The lowest BCUT2D eigenvalue weighted by atomic mass is 9.86. The van der Waals surface area contributed by atoms with Crippen LogP contribution in [0.4, 0.5) is 17.1 Å². The molecule has 0 unspecified atom stereocenters. The van der Waals surface area contributed by atoms with E-state index in [4.69, 9.17) is 0 Å². The summed E-state index contributed by atoms with van der Waals surface area (Å²) in [6.07, 6.45) is 0. The number of fused-ring (bicyclic) bond motifs is 11. The maximum atomic E-state index is 2.39. The Morgan fingerprint density at radius 2 is 0.615 bits per heavy atom. The summed E-state index contributed by atoms with van der Waals surface area (Å²) in [7, 11) is 0. The molecule has 0 N–H and O–H groups in total. The third kappa shape index (κ3) is 3.27. The molecule has 0 aliphatic heterocycles. The summed E-state index contributed by atoms with van der Waals surface area (Å²) in [6.45, 7) is 0. The Morgan fingerprint density at radius 3 is 1.13 bits per heavy atom. The first-order valence-electron chi connectivity index (χ1n) is 13.5. The van der Waals surface area contributed by atoms with E-state index in [-0.39, 0.29) is 0 Å². The summed E-state index contributed by atoms with van der Waals surface area (Å²) in [5.41, 5.74) is 3.47. The second kappa shape index (κ2) is 8.72. The number of hydrogen-bond donors (Lipinski definition) is 0. The van der Waals surface area contributed by atoms with Gasteiger partial charge in [0.15, 0.2) is 0 Å². The molecule has 8 aromatic rings. The first kappa shape index (κ1) is 21.9. The molecule has 0 aliphatic rings. The molecule has 0 heterocycles. The van der Waals surface area contributed by atoms with Crippen molar-refractivity contribution < 1.29 is 0 Å². The molecule has 0 spiro atoms. The molecule has 0 atom stereocenters. The minimum Gasteiger partial charge on any atom is -0.310 e. The highest BCUT2D eigenvalue weighted by Crippen LogP contribution is 2.48. The Hall–Kier alpha value is -5.14. The number of para-hydroxylation sites is 2. The molecule has 1 nitrogen and oxygen atoms in total. The SMILES string of the molecule is c1ccc(N(c2ccccc2)c2cccc3c2c2ccccc2c2c4ccccc4c4ccccc4c32)cc1. The average Bonchev–Trinajstić information content (AvgIpc) is 3.02. The second-order valence-electron chi connectivity index (χ2n) is 10.1. The van der Waals surface area contributed by atoms with Gasteiger partial charge < -0.3 is 4.90 Å². The van der Waals surface area contributed by atoms with Crippen LogP contribution in [0.5, 0.6) is 0 Å². The van der Waals surface area contributed by atoms with Crippen molar-refractivity contribution in [3.05, 3.63) is 152 Å². The van der Waals surface area contributed by atoms with E-state index in [1.807, 2.05) is 0 Å². The van der Waals surface area contributed by atoms with Gasteiger partial charge in [0.2, 0.25) is 0 Å². The molecule has 182 valence electrons. The smallest absolute Gasteiger partial charge is 0.0546 e. The topological polar surface area (TPSA) is 3.24 Å². The lowest BCUT2D eigenvalue weighted by molar-refractivity contribution is 1.30. The van der Waals surface area contributed by atoms with E-state index in [9.17, 15) is 0 Å². The van der Waals surface area contributed by atoms with Gasteiger partial charge in [0.05, 0.1) is 5.69 Å². The first-order chi connectivity index (χ1) is 19.4. The van der Waals surface area contributed by atoms with Crippen LogP contribution in [0.15, 0.2) is 152 Å². The van der Waals surface area contributed by atoms with Crippen LogP contribution in [0.2, 0.25) is 0 Å². The van der Waals surface area contributed by atoms with Crippen molar-refractivity contribution in [2.45, 2.75) is 0 Å². The maximum absolute atomic E-state index is 2.39. The van der Waals surface area contributed by atoms with Gasteiger partial charge in [-0.1, -0.05) is 121 Å². The van der Waals surface area contributed by atoms with E-state index < -0.39 is 0 Å². The molecular weight excluding hydrogens is 470 g/mol. The van der Waals surface area contributed by atoms with Gasteiger partial charge in [-0.05, 0) is 78.8 Å². The van der Waals surface area contributed by atoms with Crippen LogP contribution in [-0.4, -0.2) is 0 Å². The molecule has 1 heteroatoms. The fourth-order valence-electron chi connectivity index (χ4n) is 6.42. The zero-order valence-corrected chi connectivity index (χ0v) is 21.4. The van der Waals surface area contributed by atoms with Crippen LogP contribution in [-0.2, 0) is 0 Å². The largest absolute Gasteiger partial charge is 0.310 e. The predicted molar refractivity (Wildman–Crippen MR) is 169 cm³/mol. The van der Waals surface area contributed by atoms with Crippen LogP contribution in [0, 0.1) is 0 Å². The summed E-state index contributed by atoms with van der Waals surface area (Å²) in [5.74, 6) is 0. The van der Waals surface area contributed by atoms with Crippen molar-refractivity contribution in [1.29, 1.82) is 0 Å². The highest BCUT2D eigenvalue weighted by Gasteiger charge is 2.20. The van der Waals surface area contributed by atoms with E-state index in [1.165, 1.54) is 59.5 Å². The van der Waals surface area contributed by atoms with Crippen LogP contribution in [0.1, 0.15) is 0 Å². The Kier molecular flexibility index (Phi) is 4.89. The molecule has 0 aromatic heterocycles. The Balaban J connectivity index is 1.63. The molecular formula is C38H25N. The van der Waals surface area contributed by atoms with Crippen LogP contribution in [0.3, 0.4) is 0 Å². The number of nitrogens with zero attached hydrogens (tertiary/aromatic N) is 1. The minimum absolute atomic E-state index is 1.14. The van der Waals surface area contributed by atoms with E-state index in [0.717, 1.165) is 11.4 Å². The highest BCUT2D eigenvalue weighted by atomic mass is 15.1. The molecule has 0 amide bonds. The lowest BCUT2D eigenvalue weighted by Gasteiger charge is -2.28. The van der Waals surface area contributed by atoms with Crippen molar-refractivity contribution >= 4 is 70.9 Å². The molecule has 0 radical (unpaired) electrons. The second-order valence-corrected chi connectivity index (χ2v) is 10.1. The van der Waals surface area contributed by atoms with E-state index in [1.54, 1.807) is 0 Å². The summed E-state index contributed by atoms with van der Waals surface area (Å²) < 4.78 is 0. The third-order valence-corrected chi connectivity index (χ3v) is 7.98. The molecule has 0 bridgehead atoms. The summed E-state index contributed by atoms with van der Waals surface area (Å²) >= 11 is 0. The van der Waals surface area contributed by atoms with Crippen molar-refractivity contribution in [2.75, 3.05) is 4.90 Å². The molecule has 0 aliphatic carbocycles.